The highest BCUT2D eigenvalue weighted by Crippen LogP contribution is 2.14. The third kappa shape index (κ3) is 2.15. The van der Waals surface area contributed by atoms with E-state index in [2.05, 4.69) is 29.2 Å². The Balaban J connectivity index is 2.11. The van der Waals surface area contributed by atoms with E-state index >= 15 is 0 Å². The molecule has 0 bridgehead atoms. The van der Waals surface area contributed by atoms with E-state index in [1.807, 2.05) is 16.8 Å². The van der Waals surface area contributed by atoms with E-state index in [9.17, 15) is 0 Å². The van der Waals surface area contributed by atoms with Gasteiger partial charge in [-0.05, 0) is 12.0 Å². The second-order valence-electron chi connectivity index (χ2n) is 4.00. The highest BCUT2D eigenvalue weighted by atomic mass is 15.2. The van der Waals surface area contributed by atoms with Gasteiger partial charge in [-0.3, -0.25) is 0 Å². The van der Waals surface area contributed by atoms with Gasteiger partial charge in [-0.25, -0.2) is 9.50 Å². The molecule has 0 saturated heterocycles. The molecule has 2 heterocycles. The van der Waals surface area contributed by atoms with Crippen molar-refractivity contribution in [1.29, 1.82) is 0 Å². The Labute approximate surface area is 95.7 Å². The van der Waals surface area contributed by atoms with Crippen molar-refractivity contribution < 1.29 is 0 Å². The lowest BCUT2D eigenvalue weighted by atomic mass is 10.0. The summed E-state index contributed by atoms with van der Waals surface area (Å²) >= 11 is 0. The van der Waals surface area contributed by atoms with Crippen LogP contribution in [0.15, 0.2) is 24.7 Å². The molecular formula is C12H18N4. The van der Waals surface area contributed by atoms with Crippen LogP contribution in [-0.2, 0) is 0 Å². The summed E-state index contributed by atoms with van der Waals surface area (Å²) in [5, 5.41) is 7.59. The zero-order valence-corrected chi connectivity index (χ0v) is 9.85. The van der Waals surface area contributed by atoms with Crippen molar-refractivity contribution in [3.63, 3.8) is 0 Å². The van der Waals surface area contributed by atoms with Crippen LogP contribution in [0.2, 0.25) is 0 Å². The van der Waals surface area contributed by atoms with Gasteiger partial charge in [0.15, 0.2) is 5.82 Å². The van der Waals surface area contributed by atoms with Crippen LogP contribution in [0.4, 0.5) is 5.82 Å². The third-order valence-electron chi connectivity index (χ3n) is 3.04. The van der Waals surface area contributed by atoms with Crippen LogP contribution in [-0.4, -0.2) is 21.1 Å². The summed E-state index contributed by atoms with van der Waals surface area (Å²) in [6.45, 7) is 5.43. The lowest BCUT2D eigenvalue weighted by Crippen LogP contribution is -2.14. The van der Waals surface area contributed by atoms with Crippen LogP contribution >= 0.6 is 0 Å². The minimum Gasteiger partial charge on any atom is -0.368 e. The normalized spacial score (nSPS) is 11.2. The molecule has 0 radical (unpaired) electrons. The average molecular weight is 218 g/mol. The third-order valence-corrected chi connectivity index (χ3v) is 3.04. The van der Waals surface area contributed by atoms with Crippen molar-refractivity contribution >= 4 is 11.3 Å². The van der Waals surface area contributed by atoms with E-state index in [0.717, 1.165) is 17.9 Å². The van der Waals surface area contributed by atoms with Crippen molar-refractivity contribution in [2.75, 3.05) is 11.9 Å². The molecule has 86 valence electrons. The molecule has 2 rings (SSSR count). The Morgan fingerprint density at radius 2 is 2.12 bits per heavy atom. The summed E-state index contributed by atoms with van der Waals surface area (Å²) in [4.78, 5) is 4.35. The fourth-order valence-corrected chi connectivity index (χ4v) is 1.81. The second-order valence-corrected chi connectivity index (χ2v) is 4.00. The van der Waals surface area contributed by atoms with Gasteiger partial charge in [0, 0.05) is 18.9 Å². The maximum atomic E-state index is 4.35. The first-order chi connectivity index (χ1) is 7.85. The smallest absolute Gasteiger partial charge is 0.152 e. The molecule has 0 fully saturated rings. The number of aromatic nitrogens is 3. The lowest BCUT2D eigenvalue weighted by molar-refractivity contribution is 0.518. The maximum absolute atomic E-state index is 4.35. The highest BCUT2D eigenvalue weighted by Gasteiger charge is 2.06. The average Bonchev–Trinajstić information content (AvgIpc) is 2.79. The molecule has 4 nitrogen and oxygen atoms in total. The van der Waals surface area contributed by atoms with Crippen molar-refractivity contribution in [2.45, 2.75) is 26.7 Å². The fourth-order valence-electron chi connectivity index (χ4n) is 1.81. The number of rotatable bonds is 5. The minimum absolute atomic E-state index is 0.713. The molecule has 0 saturated carbocycles. The standard InChI is InChI=1S/C12H18N4/c1-3-10(4-2)9-14-12-11-5-6-15-16(11)8-7-13-12/h5-8,10H,3-4,9H2,1-2H3,(H,13,14). The van der Waals surface area contributed by atoms with E-state index in [1.165, 1.54) is 12.8 Å². The van der Waals surface area contributed by atoms with Crippen LogP contribution in [0.1, 0.15) is 26.7 Å². The van der Waals surface area contributed by atoms with Crippen molar-refractivity contribution in [3.05, 3.63) is 24.7 Å². The Hall–Kier alpha value is -1.58. The fraction of sp³-hybridized carbons (Fsp3) is 0.500. The Kier molecular flexibility index (Phi) is 3.39. The number of hydrogen-bond donors (Lipinski definition) is 1. The number of fused-ring (bicyclic) bond motifs is 1. The van der Waals surface area contributed by atoms with Crippen LogP contribution < -0.4 is 5.32 Å². The molecule has 0 amide bonds. The van der Waals surface area contributed by atoms with Crippen LogP contribution in [0.5, 0.6) is 0 Å². The first-order valence-corrected chi connectivity index (χ1v) is 5.87. The zero-order valence-electron chi connectivity index (χ0n) is 9.85. The van der Waals surface area contributed by atoms with Gasteiger partial charge in [-0.1, -0.05) is 26.7 Å². The minimum atomic E-state index is 0.713. The molecule has 0 aliphatic rings. The molecule has 0 aromatic carbocycles. The lowest BCUT2D eigenvalue weighted by Gasteiger charge is -2.14. The molecular weight excluding hydrogens is 200 g/mol. The highest BCUT2D eigenvalue weighted by molar-refractivity contribution is 5.66. The van der Waals surface area contributed by atoms with E-state index in [4.69, 9.17) is 0 Å². The molecule has 1 N–H and O–H groups in total. The molecule has 0 atom stereocenters. The monoisotopic (exact) mass is 218 g/mol. The number of nitrogens with one attached hydrogen (secondary N) is 1. The Bertz CT molecular complexity index is 445. The van der Waals surface area contributed by atoms with E-state index in [0.29, 0.717) is 5.92 Å². The summed E-state index contributed by atoms with van der Waals surface area (Å²) in [6.07, 6.45) is 7.82. The van der Waals surface area contributed by atoms with Gasteiger partial charge >= 0.3 is 0 Å². The van der Waals surface area contributed by atoms with Crippen molar-refractivity contribution in [2.24, 2.45) is 5.92 Å². The largest absolute Gasteiger partial charge is 0.368 e. The van der Waals surface area contributed by atoms with Gasteiger partial charge in [0.05, 0.1) is 6.20 Å². The van der Waals surface area contributed by atoms with Gasteiger partial charge in [-0.2, -0.15) is 5.10 Å². The summed E-state index contributed by atoms with van der Waals surface area (Å²) in [5.74, 6) is 1.64. The second kappa shape index (κ2) is 4.96. The van der Waals surface area contributed by atoms with Crippen LogP contribution in [0.3, 0.4) is 0 Å². The molecule has 2 aromatic rings. The Morgan fingerprint density at radius 3 is 2.88 bits per heavy atom. The molecule has 0 aliphatic heterocycles. The Morgan fingerprint density at radius 1 is 1.31 bits per heavy atom. The quantitative estimate of drug-likeness (QED) is 0.838. The number of hydrogen-bond acceptors (Lipinski definition) is 3. The molecule has 0 unspecified atom stereocenters. The summed E-state index contributed by atoms with van der Waals surface area (Å²) in [5.41, 5.74) is 1.04. The summed E-state index contributed by atoms with van der Waals surface area (Å²) < 4.78 is 1.84. The van der Waals surface area contributed by atoms with Crippen LogP contribution in [0, 0.1) is 5.92 Å². The topological polar surface area (TPSA) is 42.2 Å². The SMILES string of the molecule is CCC(CC)CNc1nccn2nccc12. The molecule has 0 aliphatic carbocycles. The zero-order chi connectivity index (χ0) is 11.4. The number of anilines is 1. The van der Waals surface area contributed by atoms with E-state index in [1.54, 1.807) is 12.4 Å². The first-order valence-electron chi connectivity index (χ1n) is 5.87. The predicted octanol–water partition coefficient (Wildman–Crippen LogP) is 2.58. The van der Waals surface area contributed by atoms with Crippen molar-refractivity contribution in [1.82, 2.24) is 14.6 Å². The van der Waals surface area contributed by atoms with E-state index < -0.39 is 0 Å². The summed E-state index contributed by atoms with van der Waals surface area (Å²) in [6, 6.07) is 1.97. The van der Waals surface area contributed by atoms with Gasteiger partial charge < -0.3 is 5.32 Å². The van der Waals surface area contributed by atoms with Gasteiger partial charge in [0.25, 0.3) is 0 Å². The molecule has 16 heavy (non-hydrogen) atoms. The molecule has 2 aromatic heterocycles. The van der Waals surface area contributed by atoms with Crippen molar-refractivity contribution in [3.8, 4) is 0 Å². The van der Waals surface area contributed by atoms with Gasteiger partial charge in [-0.15, -0.1) is 0 Å². The van der Waals surface area contributed by atoms with E-state index in [-0.39, 0.29) is 0 Å². The van der Waals surface area contributed by atoms with Gasteiger partial charge in [0.2, 0.25) is 0 Å². The molecule has 4 heteroatoms. The van der Waals surface area contributed by atoms with Gasteiger partial charge in [0.1, 0.15) is 5.52 Å². The van der Waals surface area contributed by atoms with Crippen LogP contribution in [0.25, 0.3) is 5.52 Å². The number of nitrogens with zero attached hydrogens (tertiary/aromatic N) is 3. The first kappa shape index (κ1) is 10.9. The predicted molar refractivity (Wildman–Crippen MR) is 65.5 cm³/mol. The summed E-state index contributed by atoms with van der Waals surface area (Å²) in [7, 11) is 0. The molecule has 0 spiro atoms. The maximum Gasteiger partial charge on any atom is 0.152 e.